The van der Waals surface area contributed by atoms with Gasteiger partial charge < -0.3 is 5.32 Å². The number of nitrogens with one attached hydrogen (secondary N) is 1. The Bertz CT molecular complexity index is 756. The molecule has 0 unspecified atom stereocenters. The van der Waals surface area contributed by atoms with Crippen LogP contribution in [0.4, 0.5) is 10.1 Å². The van der Waals surface area contributed by atoms with Gasteiger partial charge in [-0.1, -0.05) is 36.4 Å². The Morgan fingerprint density at radius 3 is 2.50 bits per heavy atom. The number of halogens is 1. The van der Waals surface area contributed by atoms with Crippen molar-refractivity contribution >= 4 is 11.3 Å². The van der Waals surface area contributed by atoms with Crippen LogP contribution in [0.3, 0.4) is 0 Å². The van der Waals surface area contributed by atoms with E-state index in [-0.39, 0.29) is 11.4 Å². The van der Waals surface area contributed by atoms with E-state index in [2.05, 4.69) is 47.5 Å². The maximum absolute atomic E-state index is 13.0. The van der Waals surface area contributed by atoms with E-state index in [4.69, 9.17) is 0 Å². The molecule has 2 heterocycles. The number of hydrogen-bond acceptors (Lipinski definition) is 2. The largest absolute Gasteiger partial charge is 0.376 e. The molecule has 0 atom stereocenters. The Morgan fingerprint density at radius 2 is 1.75 bits per heavy atom. The first-order valence-electron chi connectivity index (χ1n) is 8.67. The second kappa shape index (κ2) is 6.06. The number of likely N-dealkylation sites (tertiary alicyclic amines) is 1. The van der Waals surface area contributed by atoms with E-state index in [0.29, 0.717) is 0 Å². The summed E-state index contributed by atoms with van der Waals surface area (Å²) in [5.41, 5.74) is 5.20. The van der Waals surface area contributed by atoms with Gasteiger partial charge >= 0.3 is 0 Å². The van der Waals surface area contributed by atoms with Crippen LogP contribution >= 0.6 is 0 Å². The average Bonchev–Trinajstić information content (AvgIpc) is 2.59. The van der Waals surface area contributed by atoms with Crippen LogP contribution in [-0.4, -0.2) is 23.5 Å². The maximum atomic E-state index is 13.0. The summed E-state index contributed by atoms with van der Waals surface area (Å²) in [6.07, 6.45) is 4.62. The highest BCUT2D eigenvalue weighted by Gasteiger charge is 2.35. The Hall–Kier alpha value is -2.13. The van der Waals surface area contributed by atoms with Crippen molar-refractivity contribution < 1.29 is 4.39 Å². The molecule has 4 rings (SSSR count). The van der Waals surface area contributed by atoms with Crippen LogP contribution in [0, 0.1) is 5.82 Å². The molecule has 2 nitrogen and oxygen atoms in total. The van der Waals surface area contributed by atoms with Crippen molar-refractivity contribution in [1.29, 1.82) is 0 Å². The molecule has 0 aromatic heterocycles. The second-order valence-corrected chi connectivity index (χ2v) is 7.06. The number of para-hydroxylation sites is 1. The average molecular weight is 322 g/mol. The number of hydrogen-bond donors (Lipinski definition) is 1. The number of fused-ring (bicyclic) bond motifs is 1. The third kappa shape index (κ3) is 2.96. The highest BCUT2D eigenvalue weighted by Crippen LogP contribution is 2.38. The molecule has 0 bridgehead atoms. The molecule has 0 radical (unpaired) electrons. The number of allylic oxidation sites excluding steroid dienone is 1. The molecule has 2 aromatic rings. The molecular weight excluding hydrogens is 299 g/mol. The zero-order chi connectivity index (χ0) is 16.6. The summed E-state index contributed by atoms with van der Waals surface area (Å²) in [6.45, 7) is 5.22. The van der Waals surface area contributed by atoms with Crippen LogP contribution in [0.2, 0.25) is 0 Å². The normalized spacial score (nSPS) is 19.5. The maximum Gasteiger partial charge on any atom is 0.123 e. The molecule has 3 heteroatoms. The zero-order valence-electron chi connectivity index (χ0n) is 14.1. The minimum Gasteiger partial charge on any atom is -0.376 e. The lowest BCUT2D eigenvalue weighted by Crippen LogP contribution is -2.48. The Morgan fingerprint density at radius 1 is 1.04 bits per heavy atom. The van der Waals surface area contributed by atoms with Gasteiger partial charge in [0.15, 0.2) is 0 Å². The van der Waals surface area contributed by atoms with Crippen LogP contribution in [0.1, 0.15) is 30.9 Å². The van der Waals surface area contributed by atoms with Gasteiger partial charge in [-0.05, 0) is 49.1 Å². The zero-order valence-corrected chi connectivity index (χ0v) is 14.1. The minimum absolute atomic E-state index is 0.0811. The molecule has 2 aromatic carbocycles. The topological polar surface area (TPSA) is 15.3 Å². The van der Waals surface area contributed by atoms with Gasteiger partial charge in [-0.25, -0.2) is 4.39 Å². The van der Waals surface area contributed by atoms with Crippen LogP contribution in [-0.2, 0) is 6.54 Å². The molecule has 1 fully saturated rings. The van der Waals surface area contributed by atoms with Gasteiger partial charge in [-0.15, -0.1) is 0 Å². The minimum atomic E-state index is -0.165. The van der Waals surface area contributed by atoms with Gasteiger partial charge in [0.25, 0.3) is 0 Å². The van der Waals surface area contributed by atoms with E-state index < -0.39 is 0 Å². The predicted octanol–water partition coefficient (Wildman–Crippen LogP) is 4.69. The molecule has 24 heavy (non-hydrogen) atoms. The lowest BCUT2D eigenvalue weighted by molar-refractivity contribution is 0.186. The van der Waals surface area contributed by atoms with Crippen molar-refractivity contribution in [2.24, 2.45) is 0 Å². The third-order valence-electron chi connectivity index (χ3n) is 5.30. The third-order valence-corrected chi connectivity index (χ3v) is 5.30. The molecule has 124 valence electrons. The first-order chi connectivity index (χ1) is 11.6. The summed E-state index contributed by atoms with van der Waals surface area (Å²) in [7, 11) is 0. The SMILES string of the molecule is CC1=CC2(CCN(Cc3ccc(F)cc3)CC2)Nc2ccccc21. The van der Waals surface area contributed by atoms with Crippen molar-refractivity contribution in [3.05, 3.63) is 71.6 Å². The molecule has 0 aliphatic carbocycles. The van der Waals surface area contributed by atoms with E-state index in [1.165, 1.54) is 22.4 Å². The molecule has 1 spiro atoms. The van der Waals surface area contributed by atoms with Gasteiger partial charge in [-0.2, -0.15) is 0 Å². The molecule has 1 saturated heterocycles. The van der Waals surface area contributed by atoms with Gasteiger partial charge in [-0.3, -0.25) is 4.90 Å². The summed E-state index contributed by atoms with van der Waals surface area (Å²) in [6, 6.07) is 15.4. The Labute approximate surface area is 143 Å². The smallest absolute Gasteiger partial charge is 0.123 e. The van der Waals surface area contributed by atoms with Crippen LogP contribution in [0.15, 0.2) is 54.6 Å². The number of piperidine rings is 1. The number of anilines is 1. The molecule has 0 saturated carbocycles. The summed E-state index contributed by atoms with van der Waals surface area (Å²) in [5, 5.41) is 3.78. The standard InChI is InChI=1S/C21H23FN2/c1-16-14-21(23-20-5-3-2-4-19(16)20)10-12-24(13-11-21)15-17-6-8-18(22)9-7-17/h2-9,14,23H,10-13,15H2,1H3. The fourth-order valence-electron chi connectivity index (χ4n) is 3.96. The molecule has 0 amide bonds. The highest BCUT2D eigenvalue weighted by molar-refractivity contribution is 5.80. The summed E-state index contributed by atoms with van der Waals surface area (Å²) < 4.78 is 13.0. The van der Waals surface area contributed by atoms with Gasteiger partial charge in [0.2, 0.25) is 0 Å². The van der Waals surface area contributed by atoms with Gasteiger partial charge in [0.05, 0.1) is 5.54 Å². The number of rotatable bonds is 2. The van der Waals surface area contributed by atoms with Crippen molar-refractivity contribution in [2.75, 3.05) is 18.4 Å². The lowest BCUT2D eigenvalue weighted by Gasteiger charge is -2.44. The molecule has 2 aliphatic rings. The molecular formula is C21H23FN2. The van der Waals surface area contributed by atoms with Crippen molar-refractivity contribution in [1.82, 2.24) is 4.90 Å². The van der Waals surface area contributed by atoms with E-state index in [0.717, 1.165) is 32.5 Å². The van der Waals surface area contributed by atoms with E-state index >= 15 is 0 Å². The fraction of sp³-hybridized carbons (Fsp3) is 0.333. The summed E-state index contributed by atoms with van der Waals surface area (Å²) in [4.78, 5) is 2.46. The first-order valence-corrected chi connectivity index (χ1v) is 8.67. The lowest BCUT2D eigenvalue weighted by atomic mass is 9.81. The Balaban J connectivity index is 1.45. The van der Waals surface area contributed by atoms with E-state index in [1.807, 2.05) is 12.1 Å². The molecule has 2 aliphatic heterocycles. The number of nitrogens with zero attached hydrogens (tertiary/aromatic N) is 1. The quantitative estimate of drug-likeness (QED) is 0.863. The predicted molar refractivity (Wildman–Crippen MR) is 97.4 cm³/mol. The second-order valence-electron chi connectivity index (χ2n) is 7.06. The van der Waals surface area contributed by atoms with Crippen LogP contribution in [0.5, 0.6) is 0 Å². The monoisotopic (exact) mass is 322 g/mol. The van der Waals surface area contributed by atoms with Crippen molar-refractivity contribution in [3.63, 3.8) is 0 Å². The van der Waals surface area contributed by atoms with Crippen LogP contribution < -0.4 is 5.32 Å². The van der Waals surface area contributed by atoms with Gasteiger partial charge in [0.1, 0.15) is 5.82 Å². The number of benzene rings is 2. The summed E-state index contributed by atoms with van der Waals surface area (Å²) >= 11 is 0. The van der Waals surface area contributed by atoms with Gasteiger partial charge in [0, 0.05) is 30.9 Å². The fourth-order valence-corrected chi connectivity index (χ4v) is 3.96. The molecule has 1 N–H and O–H groups in total. The van der Waals surface area contributed by atoms with Crippen LogP contribution in [0.25, 0.3) is 5.57 Å². The van der Waals surface area contributed by atoms with Crippen molar-refractivity contribution in [2.45, 2.75) is 31.8 Å². The first kappa shape index (κ1) is 15.4. The summed E-state index contributed by atoms with van der Waals surface area (Å²) in [5.74, 6) is -0.165. The Kier molecular flexibility index (Phi) is 3.89. The van der Waals surface area contributed by atoms with E-state index in [1.54, 1.807) is 12.1 Å². The van der Waals surface area contributed by atoms with E-state index in [9.17, 15) is 4.39 Å². The highest BCUT2D eigenvalue weighted by atomic mass is 19.1. The van der Waals surface area contributed by atoms with Crippen molar-refractivity contribution in [3.8, 4) is 0 Å².